The molecule has 2 aromatic rings. The lowest BCUT2D eigenvalue weighted by Gasteiger charge is -2.39. The second-order valence-electron chi connectivity index (χ2n) is 9.83. The number of hydrogen-bond acceptors (Lipinski definition) is 5. The van der Waals surface area contributed by atoms with Crippen LogP contribution in [-0.2, 0) is 16.7 Å². The van der Waals surface area contributed by atoms with Crippen molar-refractivity contribution in [1.29, 1.82) is 0 Å². The van der Waals surface area contributed by atoms with E-state index in [0.29, 0.717) is 17.8 Å². The van der Waals surface area contributed by atoms with Crippen molar-refractivity contribution in [2.24, 2.45) is 22.9 Å². The zero-order valence-electron chi connectivity index (χ0n) is 18.7. The van der Waals surface area contributed by atoms with Crippen molar-refractivity contribution in [3.8, 4) is 11.3 Å². The van der Waals surface area contributed by atoms with Gasteiger partial charge in [0.1, 0.15) is 5.60 Å². The topological polar surface area (TPSA) is 47.6 Å². The highest BCUT2D eigenvalue weighted by molar-refractivity contribution is 7.98. The molecular weight excluding hydrogens is 392 g/mol. The van der Waals surface area contributed by atoms with Crippen molar-refractivity contribution in [2.75, 3.05) is 6.26 Å². The van der Waals surface area contributed by atoms with Gasteiger partial charge in [0.05, 0.1) is 16.8 Å². The number of hydrogen-bond donors (Lipinski definition) is 0. The summed E-state index contributed by atoms with van der Waals surface area (Å²) < 4.78 is 6.01. The van der Waals surface area contributed by atoms with Crippen LogP contribution in [0, 0.1) is 17.8 Å². The fraction of sp³-hybridized carbons (Fsp3) is 0.600. The summed E-state index contributed by atoms with van der Waals surface area (Å²) in [7, 11) is 0. The maximum atomic E-state index is 6.32. The minimum absolute atomic E-state index is 0.106. The van der Waals surface area contributed by atoms with Crippen LogP contribution in [0.15, 0.2) is 38.8 Å². The molecule has 0 amide bonds. The summed E-state index contributed by atoms with van der Waals surface area (Å²) in [4.78, 5) is 7.58. The standard InChI is InChI=1S/C25H32N2O2S/c1-15(2)25(16(3)4)20-12-14-24(23(20)27-29-25)13-6-7-19-21(28-26-22(19)24)17-8-10-18(30-5)11-9-17/h8-11,15-16,20H,6-7,12-14H2,1-5H3/t20-,24-/m0/s1. The molecule has 1 saturated carbocycles. The van der Waals surface area contributed by atoms with Crippen LogP contribution in [0.25, 0.3) is 11.3 Å². The Balaban J connectivity index is 1.55. The molecule has 1 aliphatic heterocycles. The Labute approximate surface area is 183 Å². The monoisotopic (exact) mass is 424 g/mol. The van der Waals surface area contributed by atoms with Crippen LogP contribution in [-0.4, -0.2) is 22.7 Å². The van der Waals surface area contributed by atoms with E-state index >= 15 is 0 Å². The average molecular weight is 425 g/mol. The van der Waals surface area contributed by atoms with Crippen molar-refractivity contribution in [1.82, 2.24) is 5.16 Å². The molecule has 3 aliphatic rings. The summed E-state index contributed by atoms with van der Waals surface area (Å²) in [6.07, 6.45) is 7.60. The van der Waals surface area contributed by atoms with Crippen LogP contribution in [0.5, 0.6) is 0 Å². The molecule has 1 spiro atoms. The predicted octanol–water partition coefficient (Wildman–Crippen LogP) is 6.48. The van der Waals surface area contributed by atoms with Crippen LogP contribution in [0.4, 0.5) is 0 Å². The second-order valence-corrected chi connectivity index (χ2v) is 10.7. The van der Waals surface area contributed by atoms with Gasteiger partial charge in [-0.15, -0.1) is 11.8 Å². The molecule has 0 unspecified atom stereocenters. The lowest BCUT2D eigenvalue weighted by Crippen LogP contribution is -2.48. The number of benzene rings is 1. The molecular formula is C25H32N2O2S. The normalized spacial score (nSPS) is 26.8. The highest BCUT2D eigenvalue weighted by Gasteiger charge is 2.63. The average Bonchev–Trinajstić information content (AvgIpc) is 3.43. The van der Waals surface area contributed by atoms with Gasteiger partial charge in [0.25, 0.3) is 0 Å². The number of fused-ring (bicyclic) bond motifs is 4. The molecule has 0 bridgehead atoms. The Morgan fingerprint density at radius 3 is 2.47 bits per heavy atom. The van der Waals surface area contributed by atoms with E-state index in [-0.39, 0.29) is 11.0 Å². The molecule has 5 heteroatoms. The zero-order chi connectivity index (χ0) is 21.1. The minimum Gasteiger partial charge on any atom is -0.388 e. The summed E-state index contributed by atoms with van der Waals surface area (Å²) >= 11 is 1.76. The molecule has 1 aromatic heterocycles. The summed E-state index contributed by atoms with van der Waals surface area (Å²) in [5.74, 6) is 2.16. The smallest absolute Gasteiger partial charge is 0.170 e. The van der Waals surface area contributed by atoms with Crippen molar-refractivity contribution < 1.29 is 9.36 Å². The third-order valence-electron chi connectivity index (χ3n) is 7.96. The van der Waals surface area contributed by atoms with Gasteiger partial charge in [0, 0.05) is 21.9 Å². The van der Waals surface area contributed by atoms with Crippen molar-refractivity contribution in [3.05, 3.63) is 35.5 Å². The number of nitrogens with zero attached hydrogens (tertiary/aromatic N) is 2. The molecule has 2 aliphatic carbocycles. The van der Waals surface area contributed by atoms with Crippen molar-refractivity contribution in [2.45, 2.75) is 75.7 Å². The number of rotatable bonds is 4. The van der Waals surface area contributed by atoms with E-state index in [4.69, 9.17) is 19.7 Å². The Kier molecular flexibility index (Phi) is 4.81. The fourth-order valence-electron chi connectivity index (χ4n) is 6.52. The van der Waals surface area contributed by atoms with Gasteiger partial charge in [-0.1, -0.05) is 50.1 Å². The van der Waals surface area contributed by atoms with Crippen LogP contribution in [0.1, 0.15) is 64.6 Å². The van der Waals surface area contributed by atoms with Gasteiger partial charge in [-0.2, -0.15) is 0 Å². The summed E-state index contributed by atoms with van der Waals surface area (Å²) in [5.41, 5.74) is 4.47. The van der Waals surface area contributed by atoms with Gasteiger partial charge in [-0.3, -0.25) is 0 Å². The van der Waals surface area contributed by atoms with Crippen LogP contribution >= 0.6 is 11.8 Å². The molecule has 160 valence electrons. The Morgan fingerprint density at radius 2 is 1.80 bits per heavy atom. The Morgan fingerprint density at radius 1 is 1.07 bits per heavy atom. The van der Waals surface area contributed by atoms with Crippen LogP contribution in [0.3, 0.4) is 0 Å². The highest BCUT2D eigenvalue weighted by atomic mass is 32.2. The van der Waals surface area contributed by atoms with Gasteiger partial charge in [-0.25, -0.2) is 0 Å². The maximum Gasteiger partial charge on any atom is 0.170 e. The lowest BCUT2D eigenvalue weighted by molar-refractivity contribution is -0.113. The molecule has 1 aromatic carbocycles. The van der Waals surface area contributed by atoms with E-state index in [0.717, 1.165) is 49.1 Å². The summed E-state index contributed by atoms with van der Waals surface area (Å²) in [6.45, 7) is 9.12. The van der Waals surface area contributed by atoms with Crippen LogP contribution < -0.4 is 0 Å². The van der Waals surface area contributed by atoms with Crippen molar-refractivity contribution >= 4 is 17.5 Å². The largest absolute Gasteiger partial charge is 0.388 e. The third kappa shape index (κ3) is 2.60. The Hall–Kier alpha value is -1.75. The first-order valence-electron chi connectivity index (χ1n) is 11.3. The number of oxime groups is 1. The van der Waals surface area contributed by atoms with E-state index in [2.05, 4.69) is 58.2 Å². The summed E-state index contributed by atoms with van der Waals surface area (Å²) in [5, 5.41) is 9.50. The van der Waals surface area contributed by atoms with E-state index in [1.807, 2.05) is 0 Å². The molecule has 2 heterocycles. The first kappa shape index (κ1) is 20.2. The van der Waals surface area contributed by atoms with Gasteiger partial charge < -0.3 is 9.36 Å². The van der Waals surface area contributed by atoms with E-state index < -0.39 is 0 Å². The van der Waals surface area contributed by atoms with Gasteiger partial charge in [0.2, 0.25) is 0 Å². The van der Waals surface area contributed by atoms with Gasteiger partial charge in [-0.05, 0) is 62.3 Å². The molecule has 0 radical (unpaired) electrons. The number of aromatic nitrogens is 1. The van der Waals surface area contributed by atoms with Gasteiger partial charge >= 0.3 is 0 Å². The predicted molar refractivity (Wildman–Crippen MR) is 122 cm³/mol. The van der Waals surface area contributed by atoms with Crippen LogP contribution in [0.2, 0.25) is 0 Å². The quantitative estimate of drug-likeness (QED) is 0.527. The van der Waals surface area contributed by atoms with E-state index in [1.165, 1.54) is 16.2 Å². The molecule has 1 fully saturated rings. The third-order valence-corrected chi connectivity index (χ3v) is 8.70. The molecule has 0 N–H and O–H groups in total. The summed E-state index contributed by atoms with van der Waals surface area (Å²) in [6, 6.07) is 8.63. The minimum atomic E-state index is -0.198. The molecule has 5 rings (SSSR count). The molecule has 4 nitrogen and oxygen atoms in total. The lowest BCUT2D eigenvalue weighted by atomic mass is 9.66. The molecule has 2 atom stereocenters. The zero-order valence-corrected chi connectivity index (χ0v) is 19.5. The second kappa shape index (κ2) is 7.15. The fourth-order valence-corrected chi connectivity index (χ4v) is 6.93. The first-order valence-corrected chi connectivity index (χ1v) is 12.6. The SMILES string of the molecule is CSc1ccc(-c2onc3c2CCC[C@]32CC[C@H]3C2=NOC3(C(C)C)C(C)C)cc1. The maximum absolute atomic E-state index is 6.32. The highest BCUT2D eigenvalue weighted by Crippen LogP contribution is 2.58. The van der Waals surface area contributed by atoms with E-state index in [9.17, 15) is 0 Å². The molecule has 30 heavy (non-hydrogen) atoms. The first-order chi connectivity index (χ1) is 14.4. The number of thioether (sulfide) groups is 1. The van der Waals surface area contributed by atoms with Crippen molar-refractivity contribution in [3.63, 3.8) is 0 Å². The Bertz CT molecular complexity index is 968. The van der Waals surface area contributed by atoms with E-state index in [1.54, 1.807) is 11.8 Å². The van der Waals surface area contributed by atoms with Gasteiger partial charge in [0.15, 0.2) is 5.76 Å². The molecule has 0 saturated heterocycles.